The summed E-state index contributed by atoms with van der Waals surface area (Å²) in [5.41, 5.74) is 0.647. The zero-order valence-electron chi connectivity index (χ0n) is 11.9. The van der Waals surface area contributed by atoms with Crippen molar-refractivity contribution in [2.75, 3.05) is 19.1 Å². The molecule has 0 unspecified atom stereocenters. The molecule has 0 N–H and O–H groups in total. The van der Waals surface area contributed by atoms with Crippen molar-refractivity contribution in [3.8, 4) is 5.69 Å². The largest absolute Gasteiger partial charge is 0.355 e. The molecule has 0 atom stereocenters. The lowest BCUT2D eigenvalue weighted by molar-refractivity contribution is 0.642. The van der Waals surface area contributed by atoms with Gasteiger partial charge in [-0.1, -0.05) is 30.3 Å². The van der Waals surface area contributed by atoms with Crippen molar-refractivity contribution in [3.63, 3.8) is 0 Å². The summed E-state index contributed by atoms with van der Waals surface area (Å²) in [7, 11) is 3.35. The minimum Gasteiger partial charge on any atom is -0.312 e. The fourth-order valence-corrected chi connectivity index (χ4v) is 2.43. The van der Waals surface area contributed by atoms with E-state index in [2.05, 4.69) is 0 Å². The van der Waals surface area contributed by atoms with Crippen LogP contribution in [0.2, 0.25) is 0 Å². The molecule has 0 saturated carbocycles. The Morgan fingerprint density at radius 3 is 2.14 bits per heavy atom. The van der Waals surface area contributed by atoms with Gasteiger partial charge in [-0.05, 0) is 24.3 Å². The van der Waals surface area contributed by atoms with Crippen molar-refractivity contribution in [1.82, 2.24) is 9.24 Å². The van der Waals surface area contributed by atoms with Crippen LogP contribution in [0.25, 0.3) is 16.6 Å². The van der Waals surface area contributed by atoms with E-state index in [9.17, 15) is 9.59 Å². The highest BCUT2D eigenvalue weighted by molar-refractivity contribution is 5.79. The van der Waals surface area contributed by atoms with Crippen molar-refractivity contribution in [2.24, 2.45) is 0 Å². The molecule has 0 fully saturated rings. The van der Waals surface area contributed by atoms with E-state index in [0.717, 1.165) is 10.4 Å². The SMILES string of the molecule is CN(C)n1c(=O)c2ccccc2n(-c2ccccc2)c1=O. The molecule has 0 aliphatic rings. The Labute approximate surface area is 121 Å². The van der Waals surface area contributed by atoms with Gasteiger partial charge >= 0.3 is 5.69 Å². The lowest BCUT2D eigenvalue weighted by Crippen LogP contribution is -2.48. The van der Waals surface area contributed by atoms with E-state index in [1.54, 1.807) is 36.9 Å². The minimum atomic E-state index is -0.380. The van der Waals surface area contributed by atoms with Crippen LogP contribution in [0.5, 0.6) is 0 Å². The maximum Gasteiger partial charge on any atom is 0.355 e. The number of fused-ring (bicyclic) bond motifs is 1. The third-order valence-corrected chi connectivity index (χ3v) is 3.35. The molecule has 106 valence electrons. The molecular formula is C16H15N3O2. The van der Waals surface area contributed by atoms with Crippen LogP contribution >= 0.6 is 0 Å². The van der Waals surface area contributed by atoms with Gasteiger partial charge in [0.25, 0.3) is 5.56 Å². The smallest absolute Gasteiger partial charge is 0.312 e. The second-order valence-electron chi connectivity index (χ2n) is 4.93. The highest BCUT2D eigenvalue weighted by Crippen LogP contribution is 2.13. The number of aromatic nitrogens is 2. The molecule has 0 radical (unpaired) electrons. The maximum atomic E-state index is 12.7. The fourth-order valence-electron chi connectivity index (χ4n) is 2.43. The van der Waals surface area contributed by atoms with E-state index in [1.807, 2.05) is 36.4 Å². The lowest BCUT2D eigenvalue weighted by atomic mass is 10.2. The first kappa shape index (κ1) is 13.2. The Balaban J connectivity index is 2.55. The molecule has 1 heterocycles. The zero-order chi connectivity index (χ0) is 15.0. The van der Waals surface area contributed by atoms with Gasteiger partial charge in [0.15, 0.2) is 0 Å². The van der Waals surface area contributed by atoms with Crippen LogP contribution < -0.4 is 16.3 Å². The van der Waals surface area contributed by atoms with Crippen LogP contribution in [0, 0.1) is 0 Å². The molecule has 2 aromatic carbocycles. The molecule has 3 aromatic rings. The van der Waals surface area contributed by atoms with Gasteiger partial charge in [-0.15, -0.1) is 0 Å². The van der Waals surface area contributed by atoms with Crippen LogP contribution in [0.3, 0.4) is 0 Å². The lowest BCUT2D eigenvalue weighted by Gasteiger charge is -2.18. The van der Waals surface area contributed by atoms with Gasteiger partial charge in [-0.25, -0.2) is 4.79 Å². The predicted octanol–water partition coefficient (Wildman–Crippen LogP) is 1.35. The van der Waals surface area contributed by atoms with E-state index in [-0.39, 0.29) is 11.2 Å². The number of para-hydroxylation sites is 2. The third-order valence-electron chi connectivity index (χ3n) is 3.35. The van der Waals surface area contributed by atoms with E-state index in [4.69, 9.17) is 0 Å². The number of nitrogens with zero attached hydrogens (tertiary/aromatic N) is 3. The highest BCUT2D eigenvalue weighted by atomic mass is 16.2. The average Bonchev–Trinajstić information content (AvgIpc) is 2.48. The van der Waals surface area contributed by atoms with Crippen LogP contribution in [0.1, 0.15) is 0 Å². The van der Waals surface area contributed by atoms with Gasteiger partial charge in [0.2, 0.25) is 0 Å². The third kappa shape index (κ3) is 2.03. The van der Waals surface area contributed by atoms with E-state index >= 15 is 0 Å². The Kier molecular flexibility index (Phi) is 3.10. The molecule has 5 nitrogen and oxygen atoms in total. The molecule has 0 spiro atoms. The zero-order valence-corrected chi connectivity index (χ0v) is 11.9. The summed E-state index contributed by atoms with van der Waals surface area (Å²) in [6, 6.07) is 16.4. The molecule has 0 amide bonds. The van der Waals surface area contributed by atoms with Gasteiger partial charge in [0.05, 0.1) is 16.6 Å². The summed E-state index contributed by atoms with van der Waals surface area (Å²) < 4.78 is 2.69. The van der Waals surface area contributed by atoms with Gasteiger partial charge in [0, 0.05) is 14.1 Å². The van der Waals surface area contributed by atoms with Crippen LogP contribution in [0.4, 0.5) is 0 Å². The van der Waals surface area contributed by atoms with Crippen LogP contribution in [-0.2, 0) is 0 Å². The van der Waals surface area contributed by atoms with E-state index in [0.29, 0.717) is 10.9 Å². The second-order valence-corrected chi connectivity index (χ2v) is 4.93. The minimum absolute atomic E-state index is 0.312. The Morgan fingerprint density at radius 1 is 0.857 bits per heavy atom. The normalized spacial score (nSPS) is 10.8. The summed E-state index contributed by atoms with van der Waals surface area (Å²) >= 11 is 0. The standard InChI is InChI=1S/C16H15N3O2/c1-17(2)19-15(20)13-10-6-7-11-14(13)18(16(19)21)12-8-4-3-5-9-12/h3-11H,1-2H3. The summed E-state index contributed by atoms with van der Waals surface area (Å²) in [4.78, 5) is 25.2. The topological polar surface area (TPSA) is 47.2 Å². The predicted molar refractivity (Wildman–Crippen MR) is 83.9 cm³/mol. The summed E-state index contributed by atoms with van der Waals surface area (Å²) in [5.74, 6) is 0. The first-order valence-corrected chi connectivity index (χ1v) is 6.61. The van der Waals surface area contributed by atoms with Crippen molar-refractivity contribution in [2.45, 2.75) is 0 Å². The molecular weight excluding hydrogens is 266 g/mol. The maximum absolute atomic E-state index is 12.7. The van der Waals surface area contributed by atoms with Gasteiger partial charge in [0.1, 0.15) is 0 Å². The van der Waals surface area contributed by atoms with Crippen molar-refractivity contribution in [3.05, 3.63) is 75.4 Å². The van der Waals surface area contributed by atoms with E-state index < -0.39 is 0 Å². The second kappa shape index (κ2) is 4.94. The van der Waals surface area contributed by atoms with Crippen molar-refractivity contribution < 1.29 is 0 Å². The molecule has 3 rings (SSSR count). The number of benzene rings is 2. The number of hydrogen-bond acceptors (Lipinski definition) is 3. The molecule has 5 heteroatoms. The Hall–Kier alpha value is -2.82. The van der Waals surface area contributed by atoms with Crippen LogP contribution in [0.15, 0.2) is 64.2 Å². The summed E-state index contributed by atoms with van der Waals surface area (Å²) in [5, 5.41) is 2.01. The van der Waals surface area contributed by atoms with Gasteiger partial charge in [-0.2, -0.15) is 4.68 Å². The fraction of sp³-hybridized carbons (Fsp3) is 0.125. The van der Waals surface area contributed by atoms with Crippen LogP contribution in [-0.4, -0.2) is 23.3 Å². The van der Waals surface area contributed by atoms with Gasteiger partial charge in [-0.3, -0.25) is 9.36 Å². The van der Waals surface area contributed by atoms with E-state index in [1.165, 1.54) is 5.01 Å². The highest BCUT2D eigenvalue weighted by Gasteiger charge is 2.14. The van der Waals surface area contributed by atoms with Crippen molar-refractivity contribution >= 4 is 10.9 Å². The summed E-state index contributed by atoms with van der Waals surface area (Å²) in [6.45, 7) is 0. The Morgan fingerprint density at radius 2 is 1.48 bits per heavy atom. The van der Waals surface area contributed by atoms with Gasteiger partial charge < -0.3 is 5.01 Å². The average molecular weight is 281 g/mol. The van der Waals surface area contributed by atoms with Crippen molar-refractivity contribution in [1.29, 1.82) is 0 Å². The quantitative estimate of drug-likeness (QED) is 0.712. The number of rotatable bonds is 2. The molecule has 0 saturated heterocycles. The first-order chi connectivity index (χ1) is 10.1. The molecule has 0 bridgehead atoms. The Bertz CT molecular complexity index is 908. The number of hydrogen-bond donors (Lipinski definition) is 0. The monoisotopic (exact) mass is 281 g/mol. The first-order valence-electron chi connectivity index (χ1n) is 6.61. The molecule has 0 aliphatic carbocycles. The molecule has 21 heavy (non-hydrogen) atoms. The summed E-state index contributed by atoms with van der Waals surface area (Å²) in [6.07, 6.45) is 0. The molecule has 0 aliphatic heterocycles. The molecule has 1 aromatic heterocycles.